The molecule has 102 valence electrons. The Balaban J connectivity index is 2.44. The highest BCUT2D eigenvalue weighted by molar-refractivity contribution is 5.31. The standard InChI is InChI=1S/C12H23N5O/c1-9(2)17(10(3)4)5-6-18-12-8-14-7-11(15-12)16-13/h7-10H,5-6,13H2,1-4H3,(H,15,16). The highest BCUT2D eigenvalue weighted by atomic mass is 16.5. The van der Waals surface area contributed by atoms with Gasteiger partial charge >= 0.3 is 0 Å². The van der Waals surface area contributed by atoms with Crippen LogP contribution in [-0.2, 0) is 0 Å². The second-order valence-electron chi connectivity index (χ2n) is 4.66. The maximum Gasteiger partial charge on any atom is 0.234 e. The van der Waals surface area contributed by atoms with Gasteiger partial charge < -0.3 is 10.2 Å². The van der Waals surface area contributed by atoms with Crippen molar-refractivity contribution < 1.29 is 4.74 Å². The third kappa shape index (κ3) is 4.46. The molecule has 0 fully saturated rings. The molecule has 0 unspecified atom stereocenters. The minimum atomic E-state index is 0.484. The molecule has 0 aromatic carbocycles. The minimum Gasteiger partial charge on any atom is -0.475 e. The molecule has 0 radical (unpaired) electrons. The van der Waals surface area contributed by atoms with Crippen molar-refractivity contribution in [2.45, 2.75) is 39.8 Å². The van der Waals surface area contributed by atoms with E-state index in [0.29, 0.717) is 30.4 Å². The lowest BCUT2D eigenvalue weighted by Crippen LogP contribution is -2.39. The predicted octanol–water partition coefficient (Wildman–Crippen LogP) is 1.26. The van der Waals surface area contributed by atoms with Crippen LogP contribution in [0.1, 0.15) is 27.7 Å². The van der Waals surface area contributed by atoms with Gasteiger partial charge in [-0.15, -0.1) is 0 Å². The number of nitrogen functional groups attached to an aromatic ring is 1. The second kappa shape index (κ2) is 7.13. The van der Waals surface area contributed by atoms with Crippen LogP contribution in [0.15, 0.2) is 12.4 Å². The molecule has 0 saturated carbocycles. The molecule has 0 bridgehead atoms. The first-order valence-electron chi connectivity index (χ1n) is 6.21. The van der Waals surface area contributed by atoms with Crippen LogP contribution in [0.4, 0.5) is 5.82 Å². The number of anilines is 1. The lowest BCUT2D eigenvalue weighted by atomic mass is 10.2. The van der Waals surface area contributed by atoms with E-state index < -0.39 is 0 Å². The molecule has 0 amide bonds. The van der Waals surface area contributed by atoms with Crippen LogP contribution in [0.2, 0.25) is 0 Å². The topological polar surface area (TPSA) is 76.3 Å². The van der Waals surface area contributed by atoms with Crippen LogP contribution in [0.5, 0.6) is 5.88 Å². The zero-order valence-corrected chi connectivity index (χ0v) is 11.6. The van der Waals surface area contributed by atoms with Crippen LogP contribution >= 0.6 is 0 Å². The van der Waals surface area contributed by atoms with Gasteiger partial charge in [-0.25, -0.2) is 5.84 Å². The van der Waals surface area contributed by atoms with Gasteiger partial charge in [-0.1, -0.05) is 0 Å². The van der Waals surface area contributed by atoms with E-state index in [1.165, 1.54) is 0 Å². The molecule has 6 heteroatoms. The van der Waals surface area contributed by atoms with Crippen molar-refractivity contribution in [3.05, 3.63) is 12.4 Å². The first kappa shape index (κ1) is 14.7. The van der Waals surface area contributed by atoms with Crippen molar-refractivity contribution in [3.8, 4) is 5.88 Å². The molecule has 0 aliphatic carbocycles. The second-order valence-corrected chi connectivity index (χ2v) is 4.66. The Morgan fingerprint density at radius 2 is 1.94 bits per heavy atom. The largest absolute Gasteiger partial charge is 0.475 e. The first-order valence-corrected chi connectivity index (χ1v) is 6.21. The smallest absolute Gasteiger partial charge is 0.234 e. The summed E-state index contributed by atoms with van der Waals surface area (Å²) in [6.45, 7) is 10.2. The summed E-state index contributed by atoms with van der Waals surface area (Å²) in [7, 11) is 0. The third-order valence-electron chi connectivity index (χ3n) is 2.69. The molecule has 0 spiro atoms. The normalized spacial score (nSPS) is 11.3. The maximum atomic E-state index is 5.57. The number of hydrazine groups is 1. The Bertz CT molecular complexity index is 348. The molecule has 0 aliphatic heterocycles. The number of hydrogen-bond donors (Lipinski definition) is 2. The number of ether oxygens (including phenoxy) is 1. The van der Waals surface area contributed by atoms with Crippen molar-refractivity contribution in [3.63, 3.8) is 0 Å². The lowest BCUT2D eigenvalue weighted by Gasteiger charge is -2.30. The monoisotopic (exact) mass is 253 g/mol. The lowest BCUT2D eigenvalue weighted by molar-refractivity contribution is 0.140. The summed E-state index contributed by atoms with van der Waals surface area (Å²) in [5.41, 5.74) is 2.44. The SMILES string of the molecule is CC(C)N(CCOc1cncc(NN)n1)C(C)C. The predicted molar refractivity (Wildman–Crippen MR) is 72.3 cm³/mol. The summed E-state index contributed by atoms with van der Waals surface area (Å²) < 4.78 is 5.57. The zero-order chi connectivity index (χ0) is 13.5. The van der Waals surface area contributed by atoms with Crippen LogP contribution in [0.3, 0.4) is 0 Å². The van der Waals surface area contributed by atoms with Crippen molar-refractivity contribution in [1.29, 1.82) is 0 Å². The van der Waals surface area contributed by atoms with Crippen molar-refractivity contribution in [1.82, 2.24) is 14.9 Å². The molecule has 3 N–H and O–H groups in total. The molecular weight excluding hydrogens is 230 g/mol. The van der Waals surface area contributed by atoms with Crippen molar-refractivity contribution in [2.24, 2.45) is 5.84 Å². The molecular formula is C12H23N5O. The molecule has 0 aliphatic rings. The maximum absolute atomic E-state index is 5.57. The number of nitrogens with one attached hydrogen (secondary N) is 1. The van der Waals surface area contributed by atoms with Gasteiger partial charge in [0.1, 0.15) is 6.61 Å². The molecule has 6 nitrogen and oxygen atoms in total. The average Bonchev–Trinajstić information content (AvgIpc) is 2.34. The van der Waals surface area contributed by atoms with Gasteiger partial charge in [-0.3, -0.25) is 9.88 Å². The highest BCUT2D eigenvalue weighted by Gasteiger charge is 2.13. The summed E-state index contributed by atoms with van der Waals surface area (Å²) in [5, 5.41) is 0. The Hall–Kier alpha value is -1.40. The van der Waals surface area contributed by atoms with Gasteiger partial charge in [-0.05, 0) is 27.7 Å². The number of nitrogens with two attached hydrogens (primary N) is 1. The molecule has 0 saturated heterocycles. The molecule has 1 aromatic rings. The van der Waals surface area contributed by atoms with Crippen LogP contribution in [0, 0.1) is 0 Å². The summed E-state index contributed by atoms with van der Waals surface area (Å²) in [5.74, 6) is 6.24. The molecule has 1 aromatic heterocycles. The van der Waals surface area contributed by atoms with Crippen molar-refractivity contribution >= 4 is 5.82 Å². The fraction of sp³-hybridized carbons (Fsp3) is 0.667. The van der Waals surface area contributed by atoms with E-state index in [1.807, 2.05) is 0 Å². The minimum absolute atomic E-state index is 0.484. The average molecular weight is 253 g/mol. The fourth-order valence-electron chi connectivity index (χ4n) is 1.86. The van der Waals surface area contributed by atoms with Crippen molar-refractivity contribution in [2.75, 3.05) is 18.6 Å². The van der Waals surface area contributed by atoms with Gasteiger partial charge in [0.25, 0.3) is 0 Å². The molecule has 0 atom stereocenters. The van der Waals surface area contributed by atoms with E-state index >= 15 is 0 Å². The Kier molecular flexibility index (Phi) is 5.80. The van der Waals surface area contributed by atoms with Gasteiger partial charge in [0.15, 0.2) is 5.82 Å². The van der Waals surface area contributed by atoms with E-state index in [1.54, 1.807) is 12.4 Å². The van der Waals surface area contributed by atoms with E-state index in [9.17, 15) is 0 Å². The van der Waals surface area contributed by atoms with E-state index in [-0.39, 0.29) is 0 Å². The Morgan fingerprint density at radius 1 is 1.28 bits per heavy atom. The van der Waals surface area contributed by atoms with Gasteiger partial charge in [-0.2, -0.15) is 4.98 Å². The van der Waals surface area contributed by atoms with Gasteiger partial charge in [0.2, 0.25) is 5.88 Å². The van der Waals surface area contributed by atoms with Crippen LogP contribution in [0.25, 0.3) is 0 Å². The van der Waals surface area contributed by atoms with E-state index in [0.717, 1.165) is 6.54 Å². The van der Waals surface area contributed by atoms with Gasteiger partial charge in [0.05, 0.1) is 12.4 Å². The number of nitrogens with zero attached hydrogens (tertiary/aromatic N) is 3. The summed E-state index contributed by atoms with van der Waals surface area (Å²) in [4.78, 5) is 10.5. The number of rotatable bonds is 7. The highest BCUT2D eigenvalue weighted by Crippen LogP contribution is 2.09. The van der Waals surface area contributed by atoms with E-state index in [4.69, 9.17) is 10.6 Å². The number of aromatic nitrogens is 2. The molecule has 1 heterocycles. The van der Waals surface area contributed by atoms with Crippen LogP contribution < -0.4 is 16.0 Å². The van der Waals surface area contributed by atoms with E-state index in [2.05, 4.69) is 48.0 Å². The quantitative estimate of drug-likeness (QED) is 0.563. The summed E-state index contributed by atoms with van der Waals surface area (Å²) in [6, 6.07) is 0.994. The third-order valence-corrected chi connectivity index (χ3v) is 2.69. The molecule has 18 heavy (non-hydrogen) atoms. The zero-order valence-electron chi connectivity index (χ0n) is 11.6. The molecule has 1 rings (SSSR count). The first-order chi connectivity index (χ1) is 8.54. The van der Waals surface area contributed by atoms with Gasteiger partial charge in [0, 0.05) is 18.6 Å². The Morgan fingerprint density at radius 3 is 2.50 bits per heavy atom. The summed E-state index contributed by atoms with van der Waals surface area (Å²) in [6.07, 6.45) is 3.12. The Labute approximate surface area is 109 Å². The fourth-order valence-corrected chi connectivity index (χ4v) is 1.86. The number of hydrogen-bond acceptors (Lipinski definition) is 6. The summed E-state index contributed by atoms with van der Waals surface area (Å²) >= 11 is 0. The van der Waals surface area contributed by atoms with Crippen LogP contribution in [-0.4, -0.2) is 40.1 Å².